The smallest absolute Gasteiger partial charge is 0.336 e. The zero-order valence-electron chi connectivity index (χ0n) is 9.46. The molecular weight excluding hydrogens is 210 g/mol. The first-order chi connectivity index (χ1) is 7.40. The number of piperidine rings is 1. The Balaban J connectivity index is 2.04. The largest absolute Gasteiger partial charge is 0.479 e. The van der Waals surface area contributed by atoms with Gasteiger partial charge in [0.25, 0.3) is 0 Å². The van der Waals surface area contributed by atoms with Gasteiger partial charge < -0.3 is 15.3 Å². The minimum Gasteiger partial charge on any atom is -0.479 e. The van der Waals surface area contributed by atoms with Gasteiger partial charge in [-0.25, -0.2) is 4.79 Å². The van der Waals surface area contributed by atoms with Gasteiger partial charge in [0, 0.05) is 18.6 Å². The van der Waals surface area contributed by atoms with E-state index in [1.165, 1.54) is 6.92 Å². The molecule has 2 aliphatic rings. The van der Waals surface area contributed by atoms with Crippen molar-refractivity contribution in [1.29, 1.82) is 0 Å². The molecule has 2 saturated heterocycles. The first-order valence-electron chi connectivity index (χ1n) is 5.80. The van der Waals surface area contributed by atoms with Crippen molar-refractivity contribution in [3.63, 3.8) is 0 Å². The Morgan fingerprint density at radius 2 is 1.88 bits per heavy atom. The molecule has 0 spiro atoms. The molecule has 0 amide bonds. The normalized spacial score (nSPS) is 38.3. The molecule has 2 rings (SSSR count). The minimum atomic E-state index is -1.69. The molecule has 16 heavy (non-hydrogen) atoms. The number of fused-ring (bicyclic) bond motifs is 2. The third-order valence-corrected chi connectivity index (χ3v) is 3.81. The molecule has 3 atom stereocenters. The molecule has 2 bridgehead atoms. The Hall–Kier alpha value is -0.650. The Kier molecular flexibility index (Phi) is 2.94. The molecule has 0 radical (unpaired) electrons. The van der Waals surface area contributed by atoms with Crippen molar-refractivity contribution in [2.45, 2.75) is 56.4 Å². The maximum absolute atomic E-state index is 10.9. The molecule has 0 aromatic heterocycles. The molecule has 0 aliphatic carbocycles. The number of hydrogen-bond acceptors (Lipinski definition) is 4. The summed E-state index contributed by atoms with van der Waals surface area (Å²) in [6.45, 7) is 1.49. The van der Waals surface area contributed by atoms with E-state index in [1.54, 1.807) is 0 Å². The van der Waals surface area contributed by atoms with Crippen LogP contribution in [0.5, 0.6) is 0 Å². The van der Waals surface area contributed by atoms with Crippen LogP contribution in [-0.4, -0.2) is 56.5 Å². The number of carboxylic acids is 1. The number of aliphatic hydroxyl groups is 2. The number of carbonyl (C=O) groups is 1. The van der Waals surface area contributed by atoms with Crippen molar-refractivity contribution in [3.8, 4) is 0 Å². The van der Waals surface area contributed by atoms with Crippen LogP contribution in [0, 0.1) is 0 Å². The Bertz CT molecular complexity index is 278. The van der Waals surface area contributed by atoms with Crippen molar-refractivity contribution >= 4 is 5.97 Å². The number of nitrogens with zero attached hydrogens (tertiary/aromatic N) is 1. The average molecular weight is 229 g/mol. The Labute approximate surface area is 94.7 Å². The summed E-state index contributed by atoms with van der Waals surface area (Å²) in [5, 5.41) is 28.3. The van der Waals surface area contributed by atoms with Gasteiger partial charge in [0.05, 0.1) is 6.10 Å². The van der Waals surface area contributed by atoms with Crippen LogP contribution in [0.3, 0.4) is 0 Å². The summed E-state index contributed by atoms with van der Waals surface area (Å²) in [6, 6.07) is 0.471. The Morgan fingerprint density at radius 3 is 2.31 bits per heavy atom. The van der Waals surface area contributed by atoms with Crippen LogP contribution in [0.4, 0.5) is 0 Å². The van der Waals surface area contributed by atoms with E-state index in [-0.39, 0.29) is 24.7 Å². The maximum Gasteiger partial charge on any atom is 0.336 e. The second kappa shape index (κ2) is 3.98. The van der Waals surface area contributed by atoms with Crippen molar-refractivity contribution in [2.75, 3.05) is 6.54 Å². The van der Waals surface area contributed by atoms with Gasteiger partial charge in [0.15, 0.2) is 5.60 Å². The van der Waals surface area contributed by atoms with E-state index in [4.69, 9.17) is 5.11 Å². The van der Waals surface area contributed by atoms with Gasteiger partial charge in [0.1, 0.15) is 0 Å². The second-order valence-electron chi connectivity index (χ2n) is 5.26. The van der Waals surface area contributed by atoms with Gasteiger partial charge in [-0.05, 0) is 32.6 Å². The average Bonchev–Trinajstić information content (AvgIpc) is 2.43. The van der Waals surface area contributed by atoms with E-state index >= 15 is 0 Å². The highest BCUT2D eigenvalue weighted by molar-refractivity contribution is 5.76. The molecule has 2 aliphatic heterocycles. The second-order valence-corrected chi connectivity index (χ2v) is 5.26. The summed E-state index contributed by atoms with van der Waals surface area (Å²) >= 11 is 0. The third kappa shape index (κ3) is 2.07. The summed E-state index contributed by atoms with van der Waals surface area (Å²) in [4.78, 5) is 12.9. The SMILES string of the molecule is CC(O)(CN1C2CCC1CC(O)C2)C(=O)O. The minimum absolute atomic E-state index is 0.157. The topological polar surface area (TPSA) is 81.0 Å². The first-order valence-corrected chi connectivity index (χ1v) is 5.80. The third-order valence-electron chi connectivity index (χ3n) is 3.81. The zero-order chi connectivity index (χ0) is 11.9. The monoisotopic (exact) mass is 229 g/mol. The molecule has 3 N–H and O–H groups in total. The Morgan fingerprint density at radius 1 is 1.38 bits per heavy atom. The molecule has 0 aromatic carbocycles. The molecule has 2 fully saturated rings. The van der Waals surface area contributed by atoms with E-state index in [9.17, 15) is 15.0 Å². The predicted octanol–water partition coefficient (Wildman–Crippen LogP) is -0.190. The predicted molar refractivity (Wildman–Crippen MR) is 57.0 cm³/mol. The highest BCUT2D eigenvalue weighted by Crippen LogP contribution is 2.36. The quantitative estimate of drug-likeness (QED) is 0.625. The lowest BCUT2D eigenvalue weighted by atomic mass is 9.97. The van der Waals surface area contributed by atoms with Crippen molar-refractivity contribution in [2.24, 2.45) is 0 Å². The molecular formula is C11H19NO4. The van der Waals surface area contributed by atoms with Gasteiger partial charge in [-0.15, -0.1) is 0 Å². The fraction of sp³-hybridized carbons (Fsp3) is 0.909. The summed E-state index contributed by atoms with van der Waals surface area (Å²) in [7, 11) is 0. The molecule has 3 unspecified atom stereocenters. The van der Waals surface area contributed by atoms with Crippen LogP contribution < -0.4 is 0 Å². The molecule has 0 saturated carbocycles. The number of aliphatic carboxylic acids is 1. The van der Waals surface area contributed by atoms with Gasteiger partial charge in [0.2, 0.25) is 0 Å². The van der Waals surface area contributed by atoms with Gasteiger partial charge >= 0.3 is 5.97 Å². The van der Waals surface area contributed by atoms with Crippen LogP contribution in [0.2, 0.25) is 0 Å². The lowest BCUT2D eigenvalue weighted by molar-refractivity contribution is -0.160. The maximum atomic E-state index is 10.9. The highest BCUT2D eigenvalue weighted by atomic mass is 16.4. The number of hydrogen-bond donors (Lipinski definition) is 3. The summed E-state index contributed by atoms with van der Waals surface area (Å²) in [6.07, 6.45) is 3.14. The van der Waals surface area contributed by atoms with E-state index in [1.807, 2.05) is 0 Å². The van der Waals surface area contributed by atoms with Crippen LogP contribution in [-0.2, 0) is 4.79 Å². The van der Waals surface area contributed by atoms with Crippen LogP contribution in [0.1, 0.15) is 32.6 Å². The summed E-state index contributed by atoms with van der Waals surface area (Å²) in [5.74, 6) is -1.18. The van der Waals surface area contributed by atoms with Crippen LogP contribution in [0.25, 0.3) is 0 Å². The van der Waals surface area contributed by atoms with Crippen molar-refractivity contribution < 1.29 is 20.1 Å². The van der Waals surface area contributed by atoms with Crippen molar-refractivity contribution in [1.82, 2.24) is 4.90 Å². The lowest BCUT2D eigenvalue weighted by Gasteiger charge is -2.39. The lowest BCUT2D eigenvalue weighted by Crippen LogP contribution is -2.53. The van der Waals surface area contributed by atoms with E-state index in [0.29, 0.717) is 12.8 Å². The van der Waals surface area contributed by atoms with E-state index in [0.717, 1.165) is 12.8 Å². The number of rotatable bonds is 3. The molecule has 2 heterocycles. The van der Waals surface area contributed by atoms with E-state index in [2.05, 4.69) is 4.90 Å². The summed E-state index contributed by atoms with van der Waals surface area (Å²) < 4.78 is 0. The van der Waals surface area contributed by atoms with Crippen LogP contribution >= 0.6 is 0 Å². The number of carboxylic acid groups (broad SMARTS) is 1. The van der Waals surface area contributed by atoms with Crippen molar-refractivity contribution in [3.05, 3.63) is 0 Å². The highest BCUT2D eigenvalue weighted by Gasteiger charge is 2.44. The van der Waals surface area contributed by atoms with Gasteiger partial charge in [-0.3, -0.25) is 4.90 Å². The molecule has 5 heteroatoms. The number of aliphatic hydroxyl groups excluding tert-OH is 1. The van der Waals surface area contributed by atoms with Crippen LogP contribution in [0.15, 0.2) is 0 Å². The molecule has 0 aromatic rings. The molecule has 5 nitrogen and oxygen atoms in total. The fourth-order valence-electron chi connectivity index (χ4n) is 2.93. The summed E-state index contributed by atoms with van der Waals surface area (Å²) in [5.41, 5.74) is -1.69. The fourth-order valence-corrected chi connectivity index (χ4v) is 2.93. The van der Waals surface area contributed by atoms with Gasteiger partial charge in [-0.2, -0.15) is 0 Å². The first kappa shape index (κ1) is 11.8. The van der Waals surface area contributed by atoms with Gasteiger partial charge in [-0.1, -0.05) is 0 Å². The zero-order valence-corrected chi connectivity index (χ0v) is 9.46. The van der Waals surface area contributed by atoms with E-state index < -0.39 is 11.6 Å². The molecule has 92 valence electrons. The standard InChI is InChI=1S/C11H19NO4/c1-11(16,10(14)15)6-12-7-2-3-8(12)5-9(13)4-7/h7-9,13,16H,2-6H2,1H3,(H,14,15).